The molecule has 3 unspecified atom stereocenters. The van der Waals surface area contributed by atoms with Gasteiger partial charge in [-0.25, -0.2) is 13.8 Å². The number of ether oxygens (including phenoxy) is 2. The summed E-state index contributed by atoms with van der Waals surface area (Å²) in [4.78, 5) is 17.1. The standard InChI is InChI=1S/C21H24F2N6O3S/c1-29-18(15-7-6-14(31-2)12(24)9-32-15)13(8-26-29)27-20(30)17-19(25)33-21(28-17)16-10(22)4-3-5-11(16)23/h3-5,8,12,14-15H,6-7,9,24-25H2,1-2H3,(H,27,30). The van der Waals surface area contributed by atoms with Crippen molar-refractivity contribution in [2.24, 2.45) is 12.8 Å². The lowest BCUT2D eigenvalue weighted by Gasteiger charge is -2.18. The fourth-order valence-electron chi connectivity index (χ4n) is 3.87. The molecule has 0 bridgehead atoms. The van der Waals surface area contributed by atoms with E-state index in [1.165, 1.54) is 12.3 Å². The number of nitrogen functional groups attached to an aromatic ring is 1. The molecule has 5 N–H and O–H groups in total. The van der Waals surface area contributed by atoms with Crippen molar-refractivity contribution >= 4 is 27.9 Å². The van der Waals surface area contributed by atoms with E-state index < -0.39 is 17.5 Å². The number of hydrogen-bond donors (Lipinski definition) is 3. The Kier molecular flexibility index (Phi) is 6.70. The van der Waals surface area contributed by atoms with Crippen LogP contribution in [0.2, 0.25) is 0 Å². The predicted octanol–water partition coefficient (Wildman–Crippen LogP) is 2.85. The summed E-state index contributed by atoms with van der Waals surface area (Å²) in [6.45, 7) is 0.290. The van der Waals surface area contributed by atoms with E-state index in [0.29, 0.717) is 30.8 Å². The van der Waals surface area contributed by atoms with Crippen LogP contribution in [0.3, 0.4) is 0 Å². The molecule has 33 heavy (non-hydrogen) atoms. The molecule has 1 aliphatic heterocycles. The van der Waals surface area contributed by atoms with Gasteiger partial charge in [-0.1, -0.05) is 17.4 Å². The summed E-state index contributed by atoms with van der Waals surface area (Å²) < 4.78 is 41.3. The minimum atomic E-state index is -0.789. The van der Waals surface area contributed by atoms with Crippen molar-refractivity contribution in [1.82, 2.24) is 14.8 Å². The van der Waals surface area contributed by atoms with Gasteiger partial charge < -0.3 is 26.3 Å². The Morgan fingerprint density at radius 3 is 2.76 bits per heavy atom. The molecule has 1 fully saturated rings. The van der Waals surface area contributed by atoms with Crippen molar-refractivity contribution in [3.05, 3.63) is 47.4 Å². The van der Waals surface area contributed by atoms with Gasteiger partial charge in [0.2, 0.25) is 0 Å². The molecule has 3 aromatic rings. The lowest BCUT2D eigenvalue weighted by Crippen LogP contribution is -2.38. The van der Waals surface area contributed by atoms with Gasteiger partial charge in [-0.05, 0) is 25.0 Å². The molecule has 0 spiro atoms. The zero-order chi connectivity index (χ0) is 23.7. The van der Waals surface area contributed by atoms with Crippen LogP contribution in [0.5, 0.6) is 0 Å². The molecule has 12 heteroatoms. The third-order valence-electron chi connectivity index (χ3n) is 5.57. The number of halogens is 2. The van der Waals surface area contributed by atoms with Crippen LogP contribution in [0.25, 0.3) is 10.6 Å². The van der Waals surface area contributed by atoms with Crippen molar-refractivity contribution in [2.45, 2.75) is 31.1 Å². The Labute approximate surface area is 192 Å². The number of nitrogens with zero attached hydrogens (tertiary/aromatic N) is 3. The number of anilines is 2. The van der Waals surface area contributed by atoms with Crippen LogP contribution >= 0.6 is 11.3 Å². The Morgan fingerprint density at radius 1 is 1.33 bits per heavy atom. The number of thiazole rings is 1. The number of benzene rings is 1. The number of aromatic nitrogens is 3. The minimum absolute atomic E-state index is 0.0219. The molecule has 4 rings (SSSR count). The van der Waals surface area contributed by atoms with Crippen molar-refractivity contribution < 1.29 is 23.0 Å². The molecule has 1 aromatic carbocycles. The van der Waals surface area contributed by atoms with Gasteiger partial charge in [-0.15, -0.1) is 0 Å². The van der Waals surface area contributed by atoms with Gasteiger partial charge in [0.05, 0.1) is 41.9 Å². The first kappa shape index (κ1) is 23.2. The fraction of sp³-hybridized carbons (Fsp3) is 0.381. The van der Waals surface area contributed by atoms with Gasteiger partial charge >= 0.3 is 0 Å². The summed E-state index contributed by atoms with van der Waals surface area (Å²) in [5.74, 6) is -2.20. The molecule has 0 aliphatic carbocycles. The largest absolute Gasteiger partial charge is 0.389 e. The van der Waals surface area contributed by atoms with Gasteiger partial charge in [0.1, 0.15) is 27.7 Å². The molecule has 3 atom stereocenters. The van der Waals surface area contributed by atoms with Crippen molar-refractivity contribution in [3.8, 4) is 10.6 Å². The monoisotopic (exact) mass is 478 g/mol. The third-order valence-corrected chi connectivity index (χ3v) is 6.47. The normalized spacial score (nSPS) is 21.1. The molecule has 0 radical (unpaired) electrons. The van der Waals surface area contributed by atoms with E-state index in [-0.39, 0.29) is 39.5 Å². The SMILES string of the molecule is COC1CCC(c2c(NC(=O)c3nc(-c4c(F)cccc4F)sc3N)cnn2C)OCC1N. The lowest BCUT2D eigenvalue weighted by molar-refractivity contribution is 0.0319. The number of aryl methyl sites for hydroxylation is 1. The molecule has 1 aliphatic rings. The van der Waals surface area contributed by atoms with Crippen molar-refractivity contribution in [3.63, 3.8) is 0 Å². The van der Waals surface area contributed by atoms with Crippen LogP contribution in [0.1, 0.15) is 35.1 Å². The van der Waals surface area contributed by atoms with Crippen LogP contribution in [0.15, 0.2) is 24.4 Å². The molecule has 176 valence electrons. The topological polar surface area (TPSA) is 130 Å². The van der Waals surface area contributed by atoms with Crippen LogP contribution < -0.4 is 16.8 Å². The summed E-state index contributed by atoms with van der Waals surface area (Å²) in [7, 11) is 3.35. The quantitative estimate of drug-likeness (QED) is 0.514. The first-order valence-corrected chi connectivity index (χ1v) is 11.1. The highest BCUT2D eigenvalue weighted by atomic mass is 32.1. The summed E-state index contributed by atoms with van der Waals surface area (Å²) in [6.07, 6.45) is 2.29. The van der Waals surface area contributed by atoms with Gasteiger partial charge in [0, 0.05) is 14.2 Å². The summed E-state index contributed by atoms with van der Waals surface area (Å²) >= 11 is 0.830. The Balaban J connectivity index is 1.58. The number of hydrogen-bond acceptors (Lipinski definition) is 8. The van der Waals surface area contributed by atoms with Gasteiger partial charge in [0.25, 0.3) is 5.91 Å². The fourth-order valence-corrected chi connectivity index (χ4v) is 4.74. The molecule has 1 amide bonds. The van der Waals surface area contributed by atoms with E-state index in [9.17, 15) is 13.6 Å². The highest BCUT2D eigenvalue weighted by Crippen LogP contribution is 2.35. The minimum Gasteiger partial charge on any atom is -0.389 e. The van der Waals surface area contributed by atoms with E-state index in [1.807, 2.05) is 0 Å². The Morgan fingerprint density at radius 2 is 2.06 bits per heavy atom. The van der Waals surface area contributed by atoms with Crippen LogP contribution in [-0.2, 0) is 16.5 Å². The molecular formula is C21H24F2N6O3S. The number of carbonyl (C=O) groups excluding carboxylic acids is 1. The Bertz CT molecular complexity index is 1150. The highest BCUT2D eigenvalue weighted by Gasteiger charge is 2.30. The van der Waals surface area contributed by atoms with Gasteiger partial charge in [-0.2, -0.15) is 5.10 Å². The van der Waals surface area contributed by atoms with Crippen molar-refractivity contribution in [1.29, 1.82) is 0 Å². The molecule has 0 saturated carbocycles. The first-order valence-electron chi connectivity index (χ1n) is 10.2. The molecule has 2 aromatic heterocycles. The summed E-state index contributed by atoms with van der Waals surface area (Å²) in [6, 6.07) is 3.22. The predicted molar refractivity (Wildman–Crippen MR) is 120 cm³/mol. The second kappa shape index (κ2) is 9.51. The van der Waals surface area contributed by atoms with Gasteiger partial charge in [-0.3, -0.25) is 9.48 Å². The zero-order valence-corrected chi connectivity index (χ0v) is 18.9. The molecule has 1 saturated heterocycles. The van der Waals surface area contributed by atoms with E-state index >= 15 is 0 Å². The maximum Gasteiger partial charge on any atom is 0.277 e. The number of nitrogens with one attached hydrogen (secondary N) is 1. The zero-order valence-electron chi connectivity index (χ0n) is 18.0. The highest BCUT2D eigenvalue weighted by molar-refractivity contribution is 7.19. The van der Waals surface area contributed by atoms with Crippen molar-refractivity contribution in [2.75, 3.05) is 24.8 Å². The van der Waals surface area contributed by atoms with E-state index in [0.717, 1.165) is 23.5 Å². The average Bonchev–Trinajstić information content (AvgIpc) is 3.26. The third kappa shape index (κ3) is 4.60. The Hall–Kier alpha value is -2.93. The van der Waals surface area contributed by atoms with E-state index in [2.05, 4.69) is 15.4 Å². The van der Waals surface area contributed by atoms with Crippen LogP contribution in [0.4, 0.5) is 19.5 Å². The molecular weight excluding hydrogens is 454 g/mol. The smallest absolute Gasteiger partial charge is 0.277 e. The number of rotatable bonds is 5. The maximum atomic E-state index is 14.1. The van der Waals surface area contributed by atoms with E-state index in [1.54, 1.807) is 18.8 Å². The van der Waals surface area contributed by atoms with Crippen LogP contribution in [0, 0.1) is 11.6 Å². The molecule has 3 heterocycles. The summed E-state index contributed by atoms with van der Waals surface area (Å²) in [5.41, 5.74) is 12.7. The second-order valence-corrected chi connectivity index (χ2v) is 8.72. The number of carbonyl (C=O) groups is 1. The average molecular weight is 479 g/mol. The number of methoxy groups -OCH3 is 1. The number of amides is 1. The number of nitrogens with two attached hydrogens (primary N) is 2. The maximum absolute atomic E-state index is 14.1. The van der Waals surface area contributed by atoms with Crippen LogP contribution in [-0.4, -0.2) is 46.5 Å². The first-order chi connectivity index (χ1) is 15.8. The van der Waals surface area contributed by atoms with Gasteiger partial charge in [0.15, 0.2) is 5.69 Å². The lowest BCUT2D eigenvalue weighted by atomic mass is 10.0. The molecule has 9 nitrogen and oxygen atoms in total. The summed E-state index contributed by atoms with van der Waals surface area (Å²) in [5, 5.41) is 7.00. The van der Waals surface area contributed by atoms with E-state index in [4.69, 9.17) is 20.9 Å². The second-order valence-electron chi connectivity index (χ2n) is 7.69.